The second-order valence-corrected chi connectivity index (χ2v) is 4.80. The van der Waals surface area contributed by atoms with Gasteiger partial charge in [0.2, 0.25) is 5.60 Å². The first-order valence-corrected chi connectivity index (χ1v) is 6.50. The average Bonchev–Trinajstić information content (AvgIpc) is 2.45. The Hall–Kier alpha value is -1.73. The zero-order valence-corrected chi connectivity index (χ0v) is 10.9. The summed E-state index contributed by atoms with van der Waals surface area (Å²) >= 11 is 0. The average molecular weight is 280 g/mol. The number of allylic oxidation sites excluding steroid dienone is 2. The van der Waals surface area contributed by atoms with E-state index in [-0.39, 0.29) is 5.56 Å². The summed E-state index contributed by atoms with van der Waals surface area (Å²) < 4.78 is 39.5. The van der Waals surface area contributed by atoms with Gasteiger partial charge in [0.05, 0.1) is 0 Å². The molecule has 1 aromatic rings. The van der Waals surface area contributed by atoms with Gasteiger partial charge in [-0.3, -0.25) is 0 Å². The lowest BCUT2D eigenvalue weighted by molar-refractivity contribution is -0.240. The summed E-state index contributed by atoms with van der Waals surface area (Å²) in [4.78, 5) is 0. The molecule has 1 N–H and O–H groups in total. The van der Waals surface area contributed by atoms with Crippen LogP contribution in [0.25, 0.3) is 0 Å². The number of alkyl halides is 3. The van der Waals surface area contributed by atoms with Crippen molar-refractivity contribution in [3.63, 3.8) is 0 Å². The van der Waals surface area contributed by atoms with Crippen molar-refractivity contribution in [3.8, 4) is 11.8 Å². The van der Waals surface area contributed by atoms with Crippen LogP contribution in [0.5, 0.6) is 0 Å². The number of halogens is 3. The molecule has 4 heteroatoms. The fraction of sp³-hybridized carbons (Fsp3) is 0.375. The highest BCUT2D eigenvalue weighted by Crippen LogP contribution is 2.38. The summed E-state index contributed by atoms with van der Waals surface area (Å²) in [5.41, 5.74) is -2.70. The lowest BCUT2D eigenvalue weighted by Gasteiger charge is -2.25. The van der Waals surface area contributed by atoms with Crippen molar-refractivity contribution >= 4 is 0 Å². The minimum Gasteiger partial charge on any atom is -0.366 e. The van der Waals surface area contributed by atoms with E-state index in [4.69, 9.17) is 0 Å². The van der Waals surface area contributed by atoms with Crippen molar-refractivity contribution in [2.24, 2.45) is 0 Å². The first kappa shape index (κ1) is 14.7. The SMILES string of the molecule is OC(C#CC1=CCCCC1)(c1ccccc1)C(F)(F)F. The number of aliphatic hydroxyl groups is 1. The number of hydrogen-bond acceptors (Lipinski definition) is 1. The molecule has 1 unspecified atom stereocenters. The van der Waals surface area contributed by atoms with Crippen LogP contribution in [0.15, 0.2) is 42.0 Å². The van der Waals surface area contributed by atoms with Crippen molar-refractivity contribution in [2.45, 2.75) is 37.5 Å². The van der Waals surface area contributed by atoms with Crippen LogP contribution in [0.4, 0.5) is 13.2 Å². The van der Waals surface area contributed by atoms with E-state index in [1.165, 1.54) is 24.3 Å². The molecule has 1 aliphatic carbocycles. The second-order valence-electron chi connectivity index (χ2n) is 4.80. The Morgan fingerprint density at radius 3 is 2.30 bits per heavy atom. The van der Waals surface area contributed by atoms with Gasteiger partial charge in [0.25, 0.3) is 0 Å². The fourth-order valence-corrected chi connectivity index (χ4v) is 2.11. The van der Waals surface area contributed by atoms with Crippen LogP contribution in [-0.2, 0) is 5.60 Å². The highest BCUT2D eigenvalue weighted by molar-refractivity contribution is 5.39. The van der Waals surface area contributed by atoms with Gasteiger partial charge in [0.15, 0.2) is 0 Å². The van der Waals surface area contributed by atoms with Gasteiger partial charge >= 0.3 is 6.18 Å². The Labute approximate surface area is 116 Å². The van der Waals surface area contributed by atoms with E-state index >= 15 is 0 Å². The van der Waals surface area contributed by atoms with Crippen LogP contribution in [0, 0.1) is 11.8 Å². The predicted octanol–water partition coefficient (Wildman–Crippen LogP) is 3.94. The third kappa shape index (κ3) is 3.05. The van der Waals surface area contributed by atoms with E-state index in [0.29, 0.717) is 12.0 Å². The molecule has 1 nitrogen and oxygen atoms in total. The van der Waals surface area contributed by atoms with Crippen LogP contribution >= 0.6 is 0 Å². The molecule has 0 aliphatic heterocycles. The van der Waals surface area contributed by atoms with Crippen molar-refractivity contribution in [1.29, 1.82) is 0 Å². The van der Waals surface area contributed by atoms with Crippen molar-refractivity contribution in [2.75, 3.05) is 0 Å². The largest absolute Gasteiger partial charge is 0.433 e. The Balaban J connectivity index is 2.39. The topological polar surface area (TPSA) is 20.2 Å². The highest BCUT2D eigenvalue weighted by atomic mass is 19.4. The zero-order valence-electron chi connectivity index (χ0n) is 10.9. The molecule has 0 heterocycles. The smallest absolute Gasteiger partial charge is 0.366 e. The summed E-state index contributed by atoms with van der Waals surface area (Å²) in [6.45, 7) is 0. The van der Waals surface area contributed by atoms with Gasteiger partial charge in [-0.15, -0.1) is 0 Å². The maximum atomic E-state index is 13.2. The van der Waals surface area contributed by atoms with Gasteiger partial charge in [-0.05, 0) is 37.2 Å². The van der Waals surface area contributed by atoms with Gasteiger partial charge < -0.3 is 5.11 Å². The van der Waals surface area contributed by atoms with Gasteiger partial charge in [-0.1, -0.05) is 42.3 Å². The van der Waals surface area contributed by atoms with Gasteiger partial charge in [-0.2, -0.15) is 13.2 Å². The first-order valence-electron chi connectivity index (χ1n) is 6.50. The molecule has 1 aliphatic rings. The predicted molar refractivity (Wildman–Crippen MR) is 70.7 cm³/mol. The maximum absolute atomic E-state index is 13.2. The molecule has 0 saturated carbocycles. The van der Waals surface area contributed by atoms with Crippen LogP contribution in [0.2, 0.25) is 0 Å². The summed E-state index contributed by atoms with van der Waals surface area (Å²) in [6.07, 6.45) is 0.480. The standard InChI is InChI=1S/C16H15F3O/c17-16(18,19)15(20,14-9-5-2-6-10-14)12-11-13-7-3-1-4-8-13/h2,5-7,9-10,20H,1,3-4,8H2. The molecule has 0 saturated heterocycles. The van der Waals surface area contributed by atoms with E-state index < -0.39 is 11.8 Å². The van der Waals surface area contributed by atoms with Crippen LogP contribution < -0.4 is 0 Å². The first-order chi connectivity index (χ1) is 9.43. The summed E-state index contributed by atoms with van der Waals surface area (Å²) in [5, 5.41) is 10.0. The number of rotatable bonds is 1. The van der Waals surface area contributed by atoms with Crippen LogP contribution in [0.1, 0.15) is 31.2 Å². The van der Waals surface area contributed by atoms with Crippen LogP contribution in [-0.4, -0.2) is 11.3 Å². The third-order valence-electron chi connectivity index (χ3n) is 3.30. The Bertz CT molecular complexity index is 549. The minimum atomic E-state index is -4.84. The van der Waals surface area contributed by atoms with Crippen molar-refractivity contribution in [3.05, 3.63) is 47.5 Å². The molecule has 0 aromatic heterocycles. The van der Waals surface area contributed by atoms with E-state index in [1.54, 1.807) is 6.07 Å². The monoisotopic (exact) mass is 280 g/mol. The van der Waals surface area contributed by atoms with Crippen molar-refractivity contribution < 1.29 is 18.3 Å². The molecule has 0 radical (unpaired) electrons. The Kier molecular flexibility index (Phi) is 4.20. The molecular weight excluding hydrogens is 265 g/mol. The number of hydrogen-bond donors (Lipinski definition) is 1. The summed E-state index contributed by atoms with van der Waals surface area (Å²) in [6, 6.07) is 6.97. The summed E-state index contributed by atoms with van der Waals surface area (Å²) in [7, 11) is 0. The van der Waals surface area contributed by atoms with E-state index in [1.807, 2.05) is 12.0 Å². The Morgan fingerprint density at radius 2 is 1.75 bits per heavy atom. The molecule has 0 bridgehead atoms. The summed E-state index contributed by atoms with van der Waals surface area (Å²) in [5.74, 6) is 4.54. The molecule has 0 fully saturated rings. The number of benzene rings is 1. The molecule has 1 aromatic carbocycles. The lowest BCUT2D eigenvalue weighted by atomic mass is 9.92. The third-order valence-corrected chi connectivity index (χ3v) is 3.30. The quantitative estimate of drug-likeness (QED) is 0.772. The van der Waals surface area contributed by atoms with Gasteiger partial charge in [0.1, 0.15) is 0 Å². The Morgan fingerprint density at radius 1 is 1.05 bits per heavy atom. The van der Waals surface area contributed by atoms with Gasteiger partial charge in [-0.25, -0.2) is 0 Å². The molecule has 1 atom stereocenters. The second kappa shape index (κ2) is 5.72. The van der Waals surface area contributed by atoms with E-state index in [2.05, 4.69) is 5.92 Å². The molecule has 106 valence electrons. The van der Waals surface area contributed by atoms with E-state index in [0.717, 1.165) is 19.3 Å². The molecule has 0 amide bonds. The van der Waals surface area contributed by atoms with E-state index in [9.17, 15) is 18.3 Å². The zero-order chi connectivity index (χ0) is 14.6. The lowest BCUT2D eigenvalue weighted by Crippen LogP contribution is -2.41. The molecule has 2 rings (SSSR count). The molecular formula is C16H15F3O. The molecule has 20 heavy (non-hydrogen) atoms. The highest BCUT2D eigenvalue weighted by Gasteiger charge is 2.54. The van der Waals surface area contributed by atoms with Gasteiger partial charge in [0, 0.05) is 5.56 Å². The fourth-order valence-electron chi connectivity index (χ4n) is 2.11. The molecule has 0 spiro atoms. The normalized spacial score (nSPS) is 18.5. The minimum absolute atomic E-state index is 0.253. The van der Waals surface area contributed by atoms with Crippen LogP contribution in [0.3, 0.4) is 0 Å². The van der Waals surface area contributed by atoms with Crippen molar-refractivity contribution in [1.82, 2.24) is 0 Å². The maximum Gasteiger partial charge on any atom is 0.433 e.